The molecular weight excluding hydrogens is 178 g/mol. The highest BCUT2D eigenvalue weighted by atomic mass is 16.7. The number of benzene rings is 1. The Morgan fingerprint density at radius 2 is 1.43 bits per heavy atom. The second-order valence-corrected chi connectivity index (χ2v) is 3.03. The van der Waals surface area contributed by atoms with Gasteiger partial charge in [0.05, 0.1) is 0 Å². The molecule has 0 saturated heterocycles. The van der Waals surface area contributed by atoms with Crippen LogP contribution in [0.1, 0.15) is 25.0 Å². The topological polar surface area (TPSA) is 53.5 Å². The summed E-state index contributed by atoms with van der Waals surface area (Å²) in [5.74, 6) is -0.493. The van der Waals surface area contributed by atoms with E-state index in [1.54, 1.807) is 0 Å². The third-order valence-electron chi connectivity index (χ3n) is 2.27. The molecule has 0 saturated carbocycles. The average molecular weight is 195 g/mol. The molecule has 78 valence electrons. The Kier molecular flexibility index (Phi) is 3.26. The Hall–Kier alpha value is -0.900. The van der Waals surface area contributed by atoms with Crippen molar-refractivity contribution < 1.29 is 9.47 Å². The second kappa shape index (κ2) is 4.09. The molecule has 0 bridgehead atoms. The van der Waals surface area contributed by atoms with Crippen LogP contribution >= 0.6 is 0 Å². The standard InChI is InChI=1S/C11H14O2.H3N/c1-3-12-11(13-4-2)9-7-5-6-8-10(9)11;/h5-8H,3-4H2,1-2H3;1H3. The van der Waals surface area contributed by atoms with E-state index in [0.29, 0.717) is 13.2 Å². The molecule has 1 aliphatic rings. The minimum atomic E-state index is -0.493. The van der Waals surface area contributed by atoms with Gasteiger partial charge >= 0.3 is 0 Å². The van der Waals surface area contributed by atoms with Gasteiger partial charge in [-0.3, -0.25) is 0 Å². The van der Waals surface area contributed by atoms with Crippen molar-refractivity contribution in [2.75, 3.05) is 13.2 Å². The first-order valence-corrected chi connectivity index (χ1v) is 4.73. The first kappa shape index (κ1) is 11.2. The fraction of sp³-hybridized carbons (Fsp3) is 0.455. The summed E-state index contributed by atoms with van der Waals surface area (Å²) >= 11 is 0. The normalized spacial score (nSPS) is 15.6. The molecule has 0 unspecified atom stereocenters. The molecule has 14 heavy (non-hydrogen) atoms. The van der Waals surface area contributed by atoms with E-state index < -0.39 is 5.79 Å². The van der Waals surface area contributed by atoms with E-state index in [2.05, 4.69) is 12.1 Å². The van der Waals surface area contributed by atoms with Crippen LogP contribution in [0.2, 0.25) is 0 Å². The smallest absolute Gasteiger partial charge is 0.223 e. The Labute approximate surface area is 84.6 Å². The van der Waals surface area contributed by atoms with Gasteiger partial charge < -0.3 is 15.6 Å². The Balaban J connectivity index is 0.000000980. The van der Waals surface area contributed by atoms with Crippen LogP contribution in [0.15, 0.2) is 24.3 Å². The van der Waals surface area contributed by atoms with Crippen molar-refractivity contribution in [2.24, 2.45) is 0 Å². The second-order valence-electron chi connectivity index (χ2n) is 3.03. The van der Waals surface area contributed by atoms with E-state index >= 15 is 0 Å². The van der Waals surface area contributed by atoms with Crippen molar-refractivity contribution >= 4 is 0 Å². The van der Waals surface area contributed by atoms with Gasteiger partial charge in [0, 0.05) is 24.3 Å². The highest BCUT2D eigenvalue weighted by molar-refractivity contribution is 5.54. The lowest BCUT2D eigenvalue weighted by molar-refractivity contribution is -0.178. The molecule has 3 heteroatoms. The monoisotopic (exact) mass is 195 g/mol. The number of rotatable bonds is 4. The van der Waals surface area contributed by atoms with Crippen LogP contribution < -0.4 is 6.15 Å². The summed E-state index contributed by atoms with van der Waals surface area (Å²) in [6, 6.07) is 8.14. The molecule has 0 radical (unpaired) electrons. The molecule has 0 heterocycles. The Bertz CT molecular complexity index is 281. The summed E-state index contributed by atoms with van der Waals surface area (Å²) in [5.41, 5.74) is 2.36. The lowest BCUT2D eigenvalue weighted by Gasteiger charge is -2.15. The van der Waals surface area contributed by atoms with E-state index in [0.717, 1.165) is 0 Å². The van der Waals surface area contributed by atoms with Crippen LogP contribution in [0.3, 0.4) is 0 Å². The predicted molar refractivity (Wildman–Crippen MR) is 55.5 cm³/mol. The largest absolute Gasteiger partial charge is 0.344 e. The number of hydrogen-bond acceptors (Lipinski definition) is 3. The lowest BCUT2D eigenvalue weighted by Crippen LogP contribution is -2.18. The summed E-state index contributed by atoms with van der Waals surface area (Å²) in [4.78, 5) is 0. The highest BCUT2D eigenvalue weighted by Crippen LogP contribution is 2.51. The molecular formula is C11H17NO2. The summed E-state index contributed by atoms with van der Waals surface area (Å²) in [6.45, 7) is 5.32. The first-order valence-electron chi connectivity index (χ1n) is 4.73. The summed E-state index contributed by atoms with van der Waals surface area (Å²) in [7, 11) is 0. The first-order chi connectivity index (χ1) is 6.35. The van der Waals surface area contributed by atoms with Gasteiger partial charge in [-0.15, -0.1) is 0 Å². The maximum Gasteiger partial charge on any atom is 0.223 e. The SMILES string of the molecule is CCOC1(OCC)c2ccccc21.N. The Morgan fingerprint density at radius 3 is 1.79 bits per heavy atom. The van der Waals surface area contributed by atoms with Crippen LogP contribution in [0.5, 0.6) is 0 Å². The van der Waals surface area contributed by atoms with Gasteiger partial charge in [-0.05, 0) is 13.8 Å². The molecule has 0 aromatic heterocycles. The molecule has 1 aromatic rings. The summed E-state index contributed by atoms with van der Waals surface area (Å²) in [5, 5.41) is 0. The van der Waals surface area contributed by atoms with Gasteiger partial charge in [0.25, 0.3) is 0 Å². The molecule has 2 rings (SSSR count). The zero-order valence-electron chi connectivity index (χ0n) is 8.75. The van der Waals surface area contributed by atoms with Crippen LogP contribution in [0.25, 0.3) is 0 Å². The van der Waals surface area contributed by atoms with Crippen molar-refractivity contribution in [1.29, 1.82) is 0 Å². The molecule has 0 spiro atoms. The molecule has 0 aliphatic heterocycles. The van der Waals surface area contributed by atoms with Crippen LogP contribution in [0.4, 0.5) is 0 Å². The van der Waals surface area contributed by atoms with Crippen molar-refractivity contribution in [2.45, 2.75) is 19.6 Å². The molecule has 3 nitrogen and oxygen atoms in total. The number of fused-ring (bicyclic) bond motifs is 1. The fourth-order valence-electron chi connectivity index (χ4n) is 1.74. The molecule has 3 N–H and O–H groups in total. The zero-order valence-corrected chi connectivity index (χ0v) is 8.75. The average Bonchev–Trinajstić information content (AvgIpc) is 2.77. The minimum absolute atomic E-state index is 0. The van der Waals surface area contributed by atoms with Crippen molar-refractivity contribution in [3.63, 3.8) is 0 Å². The quantitative estimate of drug-likeness (QED) is 0.751. The minimum Gasteiger partial charge on any atom is -0.344 e. The van der Waals surface area contributed by atoms with Crippen molar-refractivity contribution in [3.8, 4) is 0 Å². The third-order valence-corrected chi connectivity index (χ3v) is 2.27. The number of ether oxygens (including phenoxy) is 2. The number of hydrogen-bond donors (Lipinski definition) is 1. The van der Waals surface area contributed by atoms with Crippen LogP contribution in [-0.2, 0) is 15.3 Å². The molecule has 0 fully saturated rings. The molecule has 0 amide bonds. The zero-order chi connectivity index (χ0) is 9.31. The van der Waals surface area contributed by atoms with Gasteiger partial charge in [-0.1, -0.05) is 24.3 Å². The molecule has 1 aromatic carbocycles. The fourth-order valence-corrected chi connectivity index (χ4v) is 1.74. The van der Waals surface area contributed by atoms with Gasteiger partial charge in [-0.2, -0.15) is 0 Å². The van der Waals surface area contributed by atoms with Gasteiger partial charge in [-0.25, -0.2) is 0 Å². The van der Waals surface area contributed by atoms with Crippen LogP contribution in [0, 0.1) is 0 Å². The van der Waals surface area contributed by atoms with E-state index in [-0.39, 0.29) is 6.15 Å². The summed E-state index contributed by atoms with van der Waals surface area (Å²) in [6.07, 6.45) is 0. The van der Waals surface area contributed by atoms with Crippen molar-refractivity contribution in [1.82, 2.24) is 6.15 Å². The van der Waals surface area contributed by atoms with E-state index in [1.165, 1.54) is 11.1 Å². The van der Waals surface area contributed by atoms with Gasteiger partial charge in [0.1, 0.15) is 0 Å². The lowest BCUT2D eigenvalue weighted by atomic mass is 10.4. The van der Waals surface area contributed by atoms with E-state index in [1.807, 2.05) is 26.0 Å². The van der Waals surface area contributed by atoms with Crippen LogP contribution in [-0.4, -0.2) is 13.2 Å². The maximum atomic E-state index is 5.63. The van der Waals surface area contributed by atoms with Gasteiger partial charge in [0.15, 0.2) is 0 Å². The Morgan fingerprint density at radius 1 is 1.00 bits per heavy atom. The highest BCUT2D eigenvalue weighted by Gasteiger charge is 2.52. The van der Waals surface area contributed by atoms with E-state index in [9.17, 15) is 0 Å². The maximum absolute atomic E-state index is 5.63. The van der Waals surface area contributed by atoms with E-state index in [4.69, 9.17) is 9.47 Å². The molecule has 0 atom stereocenters. The van der Waals surface area contributed by atoms with Crippen molar-refractivity contribution in [3.05, 3.63) is 35.4 Å². The summed E-state index contributed by atoms with van der Waals surface area (Å²) < 4.78 is 11.3. The predicted octanol–water partition coefficient (Wildman–Crippen LogP) is 2.44. The van der Waals surface area contributed by atoms with Gasteiger partial charge in [0.2, 0.25) is 5.79 Å². The molecule has 1 aliphatic carbocycles. The third kappa shape index (κ3) is 1.43.